The van der Waals surface area contributed by atoms with Crippen molar-refractivity contribution in [1.82, 2.24) is 5.32 Å². The van der Waals surface area contributed by atoms with Crippen molar-refractivity contribution in [2.24, 2.45) is 5.92 Å². The third kappa shape index (κ3) is 3.21. The normalized spacial score (nSPS) is 38.8. The van der Waals surface area contributed by atoms with Crippen LogP contribution in [0.1, 0.15) is 59.3 Å². The van der Waals surface area contributed by atoms with Crippen LogP contribution in [-0.2, 0) is 4.74 Å². The molecule has 0 aromatic rings. The lowest BCUT2D eigenvalue weighted by molar-refractivity contribution is -0.0641. The van der Waals surface area contributed by atoms with Gasteiger partial charge >= 0.3 is 0 Å². The van der Waals surface area contributed by atoms with Gasteiger partial charge in [-0.3, -0.25) is 0 Å². The summed E-state index contributed by atoms with van der Waals surface area (Å²) in [5.41, 5.74) is 0.0820. The fourth-order valence-corrected chi connectivity index (χ4v) is 3.30. The summed E-state index contributed by atoms with van der Waals surface area (Å²) in [6, 6.07) is 1.47. The van der Waals surface area contributed by atoms with Crippen LogP contribution in [0, 0.1) is 5.92 Å². The van der Waals surface area contributed by atoms with E-state index in [1.807, 2.05) is 0 Å². The van der Waals surface area contributed by atoms with E-state index >= 15 is 0 Å². The van der Waals surface area contributed by atoms with Gasteiger partial charge in [-0.05, 0) is 51.9 Å². The topological polar surface area (TPSA) is 21.3 Å². The minimum absolute atomic E-state index is 0.0820. The molecule has 2 aliphatic rings. The lowest BCUT2D eigenvalue weighted by Crippen LogP contribution is -2.46. The molecular weight excluding hydrogens is 198 g/mol. The molecule has 1 N–H and O–H groups in total. The van der Waals surface area contributed by atoms with Crippen molar-refractivity contribution in [3.05, 3.63) is 0 Å². The van der Waals surface area contributed by atoms with Gasteiger partial charge < -0.3 is 10.1 Å². The predicted octanol–water partition coefficient (Wildman–Crippen LogP) is 3.11. The van der Waals surface area contributed by atoms with Gasteiger partial charge in [-0.2, -0.15) is 0 Å². The Morgan fingerprint density at radius 2 is 2.00 bits per heavy atom. The van der Waals surface area contributed by atoms with Crippen molar-refractivity contribution >= 4 is 0 Å². The Morgan fingerprint density at radius 3 is 2.62 bits per heavy atom. The fraction of sp³-hybridized carbons (Fsp3) is 1.00. The molecule has 1 aliphatic carbocycles. The molecule has 3 unspecified atom stereocenters. The van der Waals surface area contributed by atoms with Crippen LogP contribution >= 0.6 is 0 Å². The molecule has 0 aromatic heterocycles. The molecular formula is C14H27NO. The van der Waals surface area contributed by atoms with Crippen molar-refractivity contribution in [3.63, 3.8) is 0 Å². The second kappa shape index (κ2) is 5.05. The van der Waals surface area contributed by atoms with Gasteiger partial charge in [0.25, 0.3) is 0 Å². The molecule has 3 atom stereocenters. The predicted molar refractivity (Wildman–Crippen MR) is 67.6 cm³/mol. The van der Waals surface area contributed by atoms with Crippen LogP contribution in [0.5, 0.6) is 0 Å². The van der Waals surface area contributed by atoms with Gasteiger partial charge in [0.1, 0.15) is 0 Å². The Kier molecular flexibility index (Phi) is 3.91. The standard InChI is InChI=1S/C14H27NO/c1-4-11-5-6-12(9-11)15-13-7-8-16-14(2,3)10-13/h11-13,15H,4-10H2,1-3H3. The van der Waals surface area contributed by atoms with Crippen molar-refractivity contribution < 1.29 is 4.74 Å². The zero-order valence-electron chi connectivity index (χ0n) is 11.1. The van der Waals surface area contributed by atoms with Gasteiger partial charge in [0, 0.05) is 18.7 Å². The van der Waals surface area contributed by atoms with E-state index in [4.69, 9.17) is 4.74 Å². The Labute approximate surface area is 100 Å². The molecule has 0 bridgehead atoms. The van der Waals surface area contributed by atoms with Crippen LogP contribution in [0.2, 0.25) is 0 Å². The zero-order chi connectivity index (χ0) is 11.6. The first kappa shape index (κ1) is 12.4. The van der Waals surface area contributed by atoms with Crippen LogP contribution in [0.15, 0.2) is 0 Å². The molecule has 16 heavy (non-hydrogen) atoms. The maximum absolute atomic E-state index is 5.76. The maximum atomic E-state index is 5.76. The molecule has 94 valence electrons. The van der Waals surface area contributed by atoms with E-state index in [-0.39, 0.29) is 5.60 Å². The number of hydrogen-bond donors (Lipinski definition) is 1. The van der Waals surface area contributed by atoms with Crippen molar-refractivity contribution in [1.29, 1.82) is 0 Å². The molecule has 0 aromatic carbocycles. The lowest BCUT2D eigenvalue weighted by Gasteiger charge is -2.37. The first-order valence-corrected chi connectivity index (χ1v) is 6.99. The highest BCUT2D eigenvalue weighted by atomic mass is 16.5. The van der Waals surface area contributed by atoms with Gasteiger partial charge in [0.05, 0.1) is 5.60 Å². The van der Waals surface area contributed by atoms with Crippen LogP contribution in [-0.4, -0.2) is 24.3 Å². The molecule has 0 spiro atoms. The molecule has 2 nitrogen and oxygen atoms in total. The van der Waals surface area contributed by atoms with E-state index in [0.29, 0.717) is 6.04 Å². The molecule has 1 heterocycles. The van der Waals surface area contributed by atoms with E-state index < -0.39 is 0 Å². The largest absolute Gasteiger partial charge is 0.375 e. The Balaban J connectivity index is 1.77. The van der Waals surface area contributed by atoms with Crippen LogP contribution < -0.4 is 5.32 Å². The highest BCUT2D eigenvalue weighted by molar-refractivity contribution is 4.88. The van der Waals surface area contributed by atoms with Gasteiger partial charge in [-0.1, -0.05) is 13.3 Å². The zero-order valence-corrected chi connectivity index (χ0v) is 11.1. The molecule has 0 radical (unpaired) electrons. The summed E-state index contributed by atoms with van der Waals surface area (Å²) in [4.78, 5) is 0. The van der Waals surface area contributed by atoms with Gasteiger partial charge in [-0.15, -0.1) is 0 Å². The van der Waals surface area contributed by atoms with E-state index in [1.165, 1.54) is 38.5 Å². The second-order valence-corrected chi connectivity index (χ2v) is 6.25. The van der Waals surface area contributed by atoms with Crippen LogP contribution in [0.4, 0.5) is 0 Å². The third-order valence-electron chi connectivity index (χ3n) is 4.29. The molecule has 2 heteroatoms. The smallest absolute Gasteiger partial charge is 0.0641 e. The van der Waals surface area contributed by atoms with E-state index in [1.54, 1.807) is 0 Å². The van der Waals surface area contributed by atoms with Crippen LogP contribution in [0.25, 0.3) is 0 Å². The highest BCUT2D eigenvalue weighted by Crippen LogP contribution is 2.30. The number of hydrogen-bond acceptors (Lipinski definition) is 2. The van der Waals surface area contributed by atoms with E-state index in [9.17, 15) is 0 Å². The Morgan fingerprint density at radius 1 is 1.19 bits per heavy atom. The number of rotatable bonds is 3. The van der Waals surface area contributed by atoms with Crippen molar-refractivity contribution in [2.45, 2.75) is 77.0 Å². The molecule has 1 saturated carbocycles. The van der Waals surface area contributed by atoms with Gasteiger partial charge in [0.2, 0.25) is 0 Å². The van der Waals surface area contributed by atoms with Crippen LogP contribution in [0.3, 0.4) is 0 Å². The minimum atomic E-state index is 0.0820. The highest BCUT2D eigenvalue weighted by Gasteiger charge is 2.31. The average molecular weight is 225 g/mol. The van der Waals surface area contributed by atoms with Crippen molar-refractivity contribution in [3.8, 4) is 0 Å². The van der Waals surface area contributed by atoms with Gasteiger partial charge in [-0.25, -0.2) is 0 Å². The SMILES string of the molecule is CCC1CCC(NC2CCOC(C)(C)C2)C1. The fourth-order valence-electron chi connectivity index (χ4n) is 3.30. The van der Waals surface area contributed by atoms with Crippen molar-refractivity contribution in [2.75, 3.05) is 6.61 Å². The molecule has 0 amide bonds. The van der Waals surface area contributed by atoms with Gasteiger partial charge in [0.15, 0.2) is 0 Å². The summed E-state index contributed by atoms with van der Waals surface area (Å²) >= 11 is 0. The summed E-state index contributed by atoms with van der Waals surface area (Å²) < 4.78 is 5.76. The molecule has 1 saturated heterocycles. The second-order valence-electron chi connectivity index (χ2n) is 6.25. The quantitative estimate of drug-likeness (QED) is 0.797. The third-order valence-corrected chi connectivity index (χ3v) is 4.29. The minimum Gasteiger partial charge on any atom is -0.375 e. The summed E-state index contributed by atoms with van der Waals surface area (Å²) in [5, 5.41) is 3.86. The monoisotopic (exact) mass is 225 g/mol. The van der Waals surface area contributed by atoms with E-state index in [2.05, 4.69) is 26.1 Å². The summed E-state index contributed by atoms with van der Waals surface area (Å²) in [6.07, 6.45) is 7.93. The number of nitrogens with one attached hydrogen (secondary N) is 1. The maximum Gasteiger partial charge on any atom is 0.0641 e. The number of ether oxygens (including phenoxy) is 1. The Bertz CT molecular complexity index is 227. The average Bonchev–Trinajstić information content (AvgIpc) is 2.64. The lowest BCUT2D eigenvalue weighted by atomic mass is 9.93. The summed E-state index contributed by atoms with van der Waals surface area (Å²) in [6.45, 7) is 7.67. The first-order chi connectivity index (χ1) is 7.59. The summed E-state index contributed by atoms with van der Waals surface area (Å²) in [7, 11) is 0. The molecule has 2 rings (SSSR count). The summed E-state index contributed by atoms with van der Waals surface area (Å²) in [5.74, 6) is 0.977. The molecule has 2 fully saturated rings. The Hall–Kier alpha value is -0.0800. The van der Waals surface area contributed by atoms with E-state index in [0.717, 1.165) is 18.6 Å². The first-order valence-electron chi connectivity index (χ1n) is 6.99. The molecule has 1 aliphatic heterocycles.